The molecule has 2 fully saturated rings. The number of nitrogens with one attached hydrogen (secondary N) is 1. The van der Waals surface area contributed by atoms with Gasteiger partial charge in [0.15, 0.2) is 23.2 Å². The number of benzene rings is 3. The van der Waals surface area contributed by atoms with Crippen LogP contribution in [0.25, 0.3) is 0 Å². The number of carbonyl (C=O) groups is 1. The van der Waals surface area contributed by atoms with Gasteiger partial charge in [-0.3, -0.25) is 9.69 Å². The fourth-order valence-corrected chi connectivity index (χ4v) is 5.86. The Bertz CT molecular complexity index is 1350. The van der Waals surface area contributed by atoms with Crippen molar-refractivity contribution >= 4 is 36.4 Å². The molecule has 234 valence electrons. The maximum Gasteiger partial charge on any atom is 0.225 e. The largest absolute Gasteiger partial charge is 0.454 e. The molecule has 2 aliphatic rings. The van der Waals surface area contributed by atoms with Gasteiger partial charge in [0, 0.05) is 37.3 Å². The summed E-state index contributed by atoms with van der Waals surface area (Å²) in [6, 6.07) is 14.7. The summed E-state index contributed by atoms with van der Waals surface area (Å²) in [5.74, 6) is -2.84. The van der Waals surface area contributed by atoms with Gasteiger partial charge in [0.25, 0.3) is 0 Å². The zero-order valence-electron chi connectivity index (χ0n) is 24.4. The van der Waals surface area contributed by atoms with E-state index in [9.17, 15) is 18.0 Å². The van der Waals surface area contributed by atoms with Crippen molar-refractivity contribution in [2.24, 2.45) is 0 Å². The Kier molecular flexibility index (Phi) is 13.2. The number of amides is 1. The number of aryl methyl sites for hydroxylation is 1. The van der Waals surface area contributed by atoms with Crippen LogP contribution in [-0.2, 0) is 11.3 Å². The molecule has 43 heavy (non-hydrogen) atoms. The summed E-state index contributed by atoms with van der Waals surface area (Å²) < 4.78 is 45.9. The van der Waals surface area contributed by atoms with E-state index < -0.39 is 17.5 Å². The zero-order valence-corrected chi connectivity index (χ0v) is 26.1. The molecule has 0 unspecified atom stereocenters. The van der Waals surface area contributed by atoms with Crippen LogP contribution in [0.15, 0.2) is 54.6 Å². The third kappa shape index (κ3) is 9.60. The number of halogens is 5. The van der Waals surface area contributed by atoms with E-state index in [1.54, 1.807) is 12.1 Å². The lowest BCUT2D eigenvalue weighted by atomic mass is 9.86. The average Bonchev–Trinajstić information content (AvgIpc) is 2.98. The van der Waals surface area contributed by atoms with Gasteiger partial charge < -0.3 is 15.0 Å². The lowest BCUT2D eigenvalue weighted by Gasteiger charge is -2.33. The molecule has 0 aromatic heterocycles. The van der Waals surface area contributed by atoms with Crippen molar-refractivity contribution in [2.75, 3.05) is 38.0 Å². The third-order valence-corrected chi connectivity index (χ3v) is 8.23. The topological polar surface area (TPSA) is 44.8 Å². The standard InChI is InChI=1S/C33H38F3N3O2.2ClH/c1-23-5-8-26(37-33(40)13-18-38-14-3-2-4-15-38)19-28(23)25-11-16-39(17-12-25)22-24-6-9-27(10-7-24)41-32-21-30(35)29(34)20-31(32)36;;/h5-10,19-21,25H,2-4,11-18,22H2,1H3,(H,37,40);2*1H. The Balaban J connectivity index is 0.00000253. The number of ether oxygens (including phenoxy) is 1. The van der Waals surface area contributed by atoms with Gasteiger partial charge in [-0.2, -0.15) is 0 Å². The SMILES string of the molecule is Cc1ccc(NC(=O)CCN2CCCCC2)cc1C1CCN(Cc2ccc(Oc3cc(F)c(F)cc3F)cc2)CC1.Cl.Cl. The van der Waals surface area contributed by atoms with E-state index in [1.807, 2.05) is 18.2 Å². The molecule has 0 radical (unpaired) electrons. The van der Waals surface area contributed by atoms with Crippen LogP contribution in [0.5, 0.6) is 11.5 Å². The van der Waals surface area contributed by atoms with E-state index in [1.165, 1.54) is 30.4 Å². The highest BCUT2D eigenvalue weighted by Crippen LogP contribution is 2.33. The van der Waals surface area contributed by atoms with Crippen LogP contribution in [0.1, 0.15) is 61.1 Å². The Morgan fingerprint density at radius 2 is 1.51 bits per heavy atom. The monoisotopic (exact) mass is 637 g/mol. The minimum atomic E-state index is -1.25. The first-order valence-electron chi connectivity index (χ1n) is 14.6. The summed E-state index contributed by atoms with van der Waals surface area (Å²) in [6.45, 7) is 7.84. The normalized spacial score (nSPS) is 16.2. The third-order valence-electron chi connectivity index (χ3n) is 8.23. The summed E-state index contributed by atoms with van der Waals surface area (Å²) in [5.41, 5.74) is 4.53. The molecule has 0 bridgehead atoms. The smallest absolute Gasteiger partial charge is 0.225 e. The molecule has 2 aliphatic heterocycles. The minimum absolute atomic E-state index is 0. The average molecular weight is 639 g/mol. The molecule has 5 rings (SSSR count). The molecule has 0 atom stereocenters. The van der Waals surface area contributed by atoms with Crippen LogP contribution in [0.4, 0.5) is 18.9 Å². The fourth-order valence-electron chi connectivity index (χ4n) is 5.86. The van der Waals surface area contributed by atoms with Crippen molar-refractivity contribution in [2.45, 2.75) is 57.9 Å². The number of likely N-dealkylation sites (tertiary alicyclic amines) is 2. The molecular weight excluding hydrogens is 598 g/mol. The van der Waals surface area contributed by atoms with Crippen molar-refractivity contribution in [1.29, 1.82) is 0 Å². The Morgan fingerprint density at radius 3 is 2.21 bits per heavy atom. The van der Waals surface area contributed by atoms with Gasteiger partial charge in [-0.15, -0.1) is 24.8 Å². The molecule has 3 aromatic carbocycles. The van der Waals surface area contributed by atoms with Crippen LogP contribution < -0.4 is 10.1 Å². The maximum absolute atomic E-state index is 13.9. The maximum atomic E-state index is 13.9. The predicted molar refractivity (Wildman–Crippen MR) is 169 cm³/mol. The van der Waals surface area contributed by atoms with E-state index in [4.69, 9.17) is 4.74 Å². The molecule has 1 N–H and O–H groups in total. The number of rotatable bonds is 9. The van der Waals surface area contributed by atoms with Gasteiger partial charge in [-0.25, -0.2) is 13.2 Å². The van der Waals surface area contributed by atoms with Crippen molar-refractivity contribution in [1.82, 2.24) is 9.80 Å². The molecule has 0 spiro atoms. The second-order valence-corrected chi connectivity index (χ2v) is 11.3. The van der Waals surface area contributed by atoms with Crippen molar-refractivity contribution in [3.05, 3.63) is 88.7 Å². The van der Waals surface area contributed by atoms with Crippen molar-refractivity contribution in [3.63, 3.8) is 0 Å². The molecule has 2 saturated heterocycles. The van der Waals surface area contributed by atoms with E-state index in [0.29, 0.717) is 30.2 Å². The van der Waals surface area contributed by atoms with Crippen LogP contribution in [0, 0.1) is 24.4 Å². The van der Waals surface area contributed by atoms with Gasteiger partial charge in [0.2, 0.25) is 5.91 Å². The van der Waals surface area contributed by atoms with E-state index >= 15 is 0 Å². The first-order valence-corrected chi connectivity index (χ1v) is 14.6. The Morgan fingerprint density at radius 1 is 0.837 bits per heavy atom. The van der Waals surface area contributed by atoms with Gasteiger partial charge in [0.05, 0.1) is 0 Å². The number of hydrogen-bond donors (Lipinski definition) is 1. The van der Waals surface area contributed by atoms with Gasteiger partial charge in [-0.1, -0.05) is 24.6 Å². The van der Waals surface area contributed by atoms with Gasteiger partial charge >= 0.3 is 0 Å². The Hall–Kier alpha value is -2.78. The van der Waals surface area contributed by atoms with Gasteiger partial charge in [0.1, 0.15) is 5.75 Å². The summed E-state index contributed by atoms with van der Waals surface area (Å²) in [7, 11) is 0. The molecule has 5 nitrogen and oxygen atoms in total. The molecule has 1 amide bonds. The van der Waals surface area contributed by atoms with E-state index in [0.717, 1.165) is 63.4 Å². The summed E-state index contributed by atoms with van der Waals surface area (Å²) >= 11 is 0. The molecule has 0 saturated carbocycles. The van der Waals surface area contributed by atoms with Crippen LogP contribution >= 0.6 is 24.8 Å². The molecule has 0 aliphatic carbocycles. The molecule has 10 heteroatoms. The van der Waals surface area contributed by atoms with E-state index in [2.05, 4.69) is 34.2 Å². The second kappa shape index (κ2) is 16.3. The summed E-state index contributed by atoms with van der Waals surface area (Å²) in [4.78, 5) is 17.4. The first-order chi connectivity index (χ1) is 19.8. The molecular formula is C33H40Cl2F3N3O2. The minimum Gasteiger partial charge on any atom is -0.454 e. The van der Waals surface area contributed by atoms with Crippen LogP contribution in [0.3, 0.4) is 0 Å². The highest BCUT2D eigenvalue weighted by molar-refractivity contribution is 5.91. The fraction of sp³-hybridized carbons (Fsp3) is 0.424. The van der Waals surface area contributed by atoms with Crippen LogP contribution in [0.2, 0.25) is 0 Å². The number of anilines is 1. The van der Waals surface area contributed by atoms with Crippen LogP contribution in [-0.4, -0.2) is 48.4 Å². The summed E-state index contributed by atoms with van der Waals surface area (Å²) in [5, 5.41) is 3.12. The van der Waals surface area contributed by atoms with E-state index in [-0.39, 0.29) is 36.5 Å². The van der Waals surface area contributed by atoms with Crippen molar-refractivity contribution < 1.29 is 22.7 Å². The first kappa shape index (κ1) is 34.7. The highest BCUT2D eigenvalue weighted by Gasteiger charge is 2.23. The zero-order chi connectivity index (χ0) is 28.8. The quantitative estimate of drug-likeness (QED) is 0.240. The second-order valence-electron chi connectivity index (χ2n) is 11.3. The lowest BCUT2D eigenvalue weighted by molar-refractivity contribution is -0.116. The summed E-state index contributed by atoms with van der Waals surface area (Å²) in [6.07, 6.45) is 6.34. The number of nitrogens with zero attached hydrogens (tertiary/aromatic N) is 2. The lowest BCUT2D eigenvalue weighted by Crippen LogP contribution is -2.33. The number of carbonyl (C=O) groups excluding carboxylic acids is 1. The highest BCUT2D eigenvalue weighted by atomic mass is 35.5. The predicted octanol–water partition coefficient (Wildman–Crippen LogP) is 8.24. The Labute approximate surface area is 264 Å². The number of hydrogen-bond acceptors (Lipinski definition) is 4. The van der Waals surface area contributed by atoms with Crippen molar-refractivity contribution in [3.8, 4) is 11.5 Å². The molecule has 2 heterocycles. The molecule has 3 aromatic rings. The van der Waals surface area contributed by atoms with Gasteiger partial charge in [-0.05, 0) is 106 Å². The number of piperidine rings is 2.